The van der Waals surface area contributed by atoms with E-state index in [1.54, 1.807) is 145 Å². The van der Waals surface area contributed by atoms with Crippen molar-refractivity contribution in [2.45, 2.75) is 65.9 Å². The number of piperazine rings is 3. The summed E-state index contributed by atoms with van der Waals surface area (Å²) in [6.45, 7) is 18.1. The lowest BCUT2D eigenvalue weighted by molar-refractivity contribution is -0.193. The third-order valence-corrected chi connectivity index (χ3v) is 18.4. The molecule has 0 unspecified atom stereocenters. The number of benzene rings is 3. The van der Waals surface area contributed by atoms with E-state index in [1.807, 2.05) is 13.7 Å². The molecule has 4 saturated heterocycles. The summed E-state index contributed by atoms with van der Waals surface area (Å²) in [5.74, 6) is 13.6. The molecule has 0 bridgehead atoms. The lowest BCUT2D eigenvalue weighted by Crippen LogP contribution is -2.44. The molecule has 3 aromatic carbocycles. The van der Waals surface area contributed by atoms with Gasteiger partial charge in [-0.2, -0.15) is 69.4 Å². The zero-order valence-electron chi connectivity index (χ0n) is 66.3. The number of carbonyl (C=O) groups excluding carboxylic acids is 3. The van der Waals surface area contributed by atoms with Gasteiger partial charge < -0.3 is 75.3 Å². The topological polar surface area (TPSA) is 413 Å². The number of aromatic nitrogens is 12. The first-order chi connectivity index (χ1) is 57.3. The fourth-order valence-corrected chi connectivity index (χ4v) is 12.4. The minimum Gasteiger partial charge on any atom is -0.475 e. The van der Waals surface area contributed by atoms with Gasteiger partial charge in [-0.05, 0) is 57.2 Å². The van der Waals surface area contributed by atoms with Crippen LogP contribution >= 0.6 is 11.8 Å². The Morgan fingerprint density at radius 1 is 0.479 bits per heavy atom. The van der Waals surface area contributed by atoms with Gasteiger partial charge in [0.05, 0.1) is 42.3 Å². The number of rotatable bonds is 15. The first kappa shape index (κ1) is 93.1. The van der Waals surface area contributed by atoms with E-state index in [-0.39, 0.29) is 58.1 Å². The quantitative estimate of drug-likeness (QED) is 0.0473. The van der Waals surface area contributed by atoms with Gasteiger partial charge in [0.15, 0.2) is 39.2 Å². The maximum atomic E-state index is 13.5. The highest BCUT2D eigenvalue weighted by Crippen LogP contribution is 2.33. The molecule has 0 radical (unpaired) electrons. The van der Waals surface area contributed by atoms with Crippen LogP contribution in [0.15, 0.2) is 87.2 Å². The van der Waals surface area contributed by atoms with Gasteiger partial charge in [0.25, 0.3) is 28.5 Å². The van der Waals surface area contributed by atoms with Crippen molar-refractivity contribution >= 4 is 104 Å². The van der Waals surface area contributed by atoms with Crippen LogP contribution in [0.3, 0.4) is 0 Å². The molecule has 3 amide bonds. The largest absolute Gasteiger partial charge is 0.490 e. The van der Waals surface area contributed by atoms with E-state index in [0.717, 1.165) is 84.3 Å². The fraction of sp³-hybridized carbons (Fsp3) is 0.400. The Labute approximate surface area is 686 Å². The van der Waals surface area contributed by atoms with E-state index < -0.39 is 36.4 Å². The summed E-state index contributed by atoms with van der Waals surface area (Å²) in [6, 6.07) is 21.1. The zero-order valence-corrected chi connectivity index (χ0v) is 67.1. The van der Waals surface area contributed by atoms with Crippen molar-refractivity contribution in [2.75, 3.05) is 131 Å². The van der Waals surface area contributed by atoms with E-state index in [1.165, 1.54) is 25.5 Å². The normalized spacial score (nSPS) is 13.8. The predicted molar refractivity (Wildman–Crippen MR) is 425 cm³/mol. The highest BCUT2D eigenvalue weighted by molar-refractivity contribution is 7.99. The van der Waals surface area contributed by atoms with Crippen LogP contribution in [-0.4, -0.2) is 247 Å². The van der Waals surface area contributed by atoms with Crippen LogP contribution in [0.5, 0.6) is 35.3 Å². The summed E-state index contributed by atoms with van der Waals surface area (Å²) < 4.78 is 123. The number of carbonyl (C=O) groups is 6. The average Bonchev–Trinajstić information content (AvgIpc) is 1.63. The number of halogens is 9. The molecule has 4 fully saturated rings. The molecule has 646 valence electrons. The first-order valence-corrected chi connectivity index (χ1v) is 37.5. The Morgan fingerprint density at radius 3 is 1.09 bits per heavy atom. The number of ether oxygens (including phenoxy) is 3. The van der Waals surface area contributed by atoms with Gasteiger partial charge in [-0.1, -0.05) is 54.2 Å². The van der Waals surface area contributed by atoms with E-state index >= 15 is 0 Å². The van der Waals surface area contributed by atoms with Crippen molar-refractivity contribution < 1.29 is 97.8 Å². The van der Waals surface area contributed by atoms with Crippen LogP contribution in [0.1, 0.15) is 48.4 Å². The molecule has 13 rings (SSSR count). The highest BCUT2D eigenvalue weighted by atomic mass is 32.2. The fourth-order valence-electron chi connectivity index (χ4n) is 11.5. The molecule has 0 atom stereocenters. The van der Waals surface area contributed by atoms with Crippen LogP contribution in [0.2, 0.25) is 0 Å². The Morgan fingerprint density at radius 2 is 0.785 bits per heavy atom. The molecule has 6 aromatic heterocycles. The first-order valence-electron chi connectivity index (χ1n) is 36.4. The van der Waals surface area contributed by atoms with Gasteiger partial charge in [-0.25, -0.2) is 14.4 Å². The summed E-state index contributed by atoms with van der Waals surface area (Å²) in [5, 5.41) is 34.1. The summed E-state index contributed by atoms with van der Waals surface area (Å²) >= 11 is 1.72. The van der Waals surface area contributed by atoms with Crippen molar-refractivity contribution in [2.24, 2.45) is 21.1 Å². The van der Waals surface area contributed by atoms with Gasteiger partial charge >= 0.3 is 54.5 Å². The molecular weight excluding hydrogens is 1640 g/mol. The van der Waals surface area contributed by atoms with E-state index in [0.29, 0.717) is 112 Å². The van der Waals surface area contributed by atoms with Crippen molar-refractivity contribution in [1.82, 2.24) is 83.1 Å². The standard InChI is InChI=1S/C24H27N7O3S.C23H27N7O3.C22H25N7O3.3C2HF3O2/c1-3-4-11-31-19-20(26-23(31)29-12-9-25-10-13-29)27-24(28(2)22(19)33)34-18-8-6-5-7-17(18)21(32)30-14-15-35-16-30;1-5-6-13-30-18-19(25-22(30)29-14-11-24-12-15-29)26-23(28(4)21(18)32)33-17-10-8-7-9-16(17)20(31)27(2)3;1-4-5-12-29-18-19(25-21(29)28-13-10-23-11-14-28)26-22(27(3)20(18)31)32-17-9-7-6-8-16(17)24-15(2)30;3*3-2(4,5)1(6)7/h5-8,25H,9-16H2,1-2H3;7-10,24H,11-15H2,1-4H3;6-9,23H,10-14H2,1-3H3,(H,24,30);3*(H,6,7). The van der Waals surface area contributed by atoms with Gasteiger partial charge in [-0.15, -0.1) is 29.5 Å². The summed E-state index contributed by atoms with van der Waals surface area (Å²) in [4.78, 5) is 141. The van der Waals surface area contributed by atoms with Gasteiger partial charge in [0.2, 0.25) is 23.8 Å². The Bertz CT molecular complexity index is 5610. The van der Waals surface area contributed by atoms with Crippen LogP contribution in [0.4, 0.5) is 63.0 Å². The minimum absolute atomic E-state index is 0.0598. The number of alkyl halides is 9. The van der Waals surface area contributed by atoms with E-state index in [4.69, 9.17) is 53.9 Å². The van der Waals surface area contributed by atoms with Crippen molar-refractivity contribution in [3.8, 4) is 70.8 Å². The SMILES string of the molecule is CC#CCn1c(N2CCNCC2)nc2nc(Oc3ccccc3C(=O)N(C)C)n(C)c(=O)c21.CC#CCn1c(N2CCNCC2)nc2nc(Oc3ccccc3C(=O)N3CCSC3)n(C)c(=O)c21.CC#CCn1c(N2CCNCC2)nc2nc(Oc3ccccc3NC(C)=O)n(C)c(=O)c21.O=C(O)C(F)(F)F.O=C(O)C(F)(F)F.O=C(O)C(F)(F)F. The number of nitrogens with one attached hydrogen (secondary N) is 4. The summed E-state index contributed by atoms with van der Waals surface area (Å²) in [7, 11) is 8.14. The number of amides is 3. The van der Waals surface area contributed by atoms with E-state index in [9.17, 15) is 68.3 Å². The van der Waals surface area contributed by atoms with Crippen LogP contribution in [0.25, 0.3) is 33.5 Å². The third kappa shape index (κ3) is 24.0. The molecule has 4 aliphatic rings. The van der Waals surface area contributed by atoms with Crippen molar-refractivity contribution in [1.29, 1.82) is 0 Å². The Balaban J connectivity index is 0.000000201. The van der Waals surface area contributed by atoms with Gasteiger partial charge in [0.1, 0.15) is 11.5 Å². The Kier molecular flexibility index (Phi) is 32.2. The number of fused-ring (bicyclic) bond motifs is 3. The number of anilines is 4. The molecule has 9 aromatic rings. The number of carboxylic acids is 3. The molecule has 46 heteroatoms. The number of aliphatic carboxylic acids is 3. The molecule has 4 aliphatic heterocycles. The minimum atomic E-state index is -5.08. The highest BCUT2D eigenvalue weighted by Gasteiger charge is 2.40. The molecule has 0 spiro atoms. The second kappa shape index (κ2) is 41.8. The van der Waals surface area contributed by atoms with Crippen LogP contribution in [0, 0.1) is 35.5 Å². The van der Waals surface area contributed by atoms with E-state index in [2.05, 4.69) is 91.4 Å². The zero-order chi connectivity index (χ0) is 88.8. The molecule has 121 heavy (non-hydrogen) atoms. The molecule has 36 nitrogen and oxygen atoms in total. The third-order valence-electron chi connectivity index (χ3n) is 17.4. The summed E-state index contributed by atoms with van der Waals surface area (Å²) in [6.07, 6.45) is -15.3. The second-order valence-electron chi connectivity index (χ2n) is 26.0. The number of nitrogens with zero attached hydrogens (tertiary/aromatic N) is 17. The Hall–Kier alpha value is -13.4. The molecule has 0 saturated carbocycles. The second-order valence-corrected chi connectivity index (χ2v) is 27.0. The molecule has 10 heterocycles. The van der Waals surface area contributed by atoms with Gasteiger partial charge in [-0.3, -0.25) is 56.2 Å². The van der Waals surface area contributed by atoms with Crippen LogP contribution in [-0.2, 0) is 60.0 Å². The lowest BCUT2D eigenvalue weighted by atomic mass is 10.2. The molecule has 7 N–H and O–H groups in total. The predicted octanol–water partition coefficient (Wildman–Crippen LogP) is 5.77. The maximum Gasteiger partial charge on any atom is 0.490 e. The van der Waals surface area contributed by atoms with Crippen molar-refractivity contribution in [3.63, 3.8) is 0 Å². The monoisotopic (exact) mass is 1720 g/mol. The molecule has 0 aliphatic carbocycles. The van der Waals surface area contributed by atoms with Crippen molar-refractivity contribution in [3.05, 3.63) is 115 Å². The average molecular weight is 1720 g/mol. The number of para-hydroxylation sites is 4. The number of hydrogen-bond donors (Lipinski definition) is 7. The van der Waals surface area contributed by atoms with Gasteiger partial charge in [0, 0.05) is 133 Å². The number of carboxylic acid groups (broad SMARTS) is 3. The molecular formula is C75H82F9N21O15S. The lowest BCUT2D eigenvalue weighted by Gasteiger charge is -2.28. The maximum absolute atomic E-state index is 13.5. The smallest absolute Gasteiger partial charge is 0.475 e. The summed E-state index contributed by atoms with van der Waals surface area (Å²) in [5.41, 5.74) is 2.47. The number of hydrogen-bond acceptors (Lipinski definition) is 25. The number of imidazole rings is 3. The van der Waals surface area contributed by atoms with Crippen LogP contribution < -0.4 is 66.9 Å². The number of thioether (sulfide) groups is 1.